The van der Waals surface area contributed by atoms with Crippen molar-refractivity contribution in [1.29, 1.82) is 0 Å². The zero-order valence-electron chi connectivity index (χ0n) is 14.3. The van der Waals surface area contributed by atoms with Crippen molar-refractivity contribution in [2.45, 2.75) is 25.4 Å². The highest BCUT2D eigenvalue weighted by atomic mass is 35.5. The highest BCUT2D eigenvalue weighted by Crippen LogP contribution is 2.38. The maximum atomic E-state index is 13.2. The first kappa shape index (κ1) is 17.4. The highest BCUT2D eigenvalue weighted by Gasteiger charge is 2.54. The summed E-state index contributed by atoms with van der Waals surface area (Å²) in [5.41, 5.74) is 2.57. The van der Waals surface area contributed by atoms with E-state index in [0.29, 0.717) is 10.7 Å². The molecule has 0 saturated carbocycles. The molecule has 2 fully saturated rings. The van der Waals surface area contributed by atoms with Crippen LogP contribution >= 0.6 is 11.6 Å². The SMILES string of the molecule is CCc1ccc(N2C(=O)N(c3ccc(Cl)cc3)[C@H]3CS(=O)(=O)C[C@H]32)cc1. The molecule has 2 atom stereocenters. The Hall–Kier alpha value is -2.05. The topological polar surface area (TPSA) is 57.7 Å². The van der Waals surface area contributed by atoms with Crippen LogP contribution in [0.1, 0.15) is 12.5 Å². The zero-order chi connectivity index (χ0) is 18.5. The number of fused-ring (bicyclic) bond motifs is 1. The third-order valence-electron chi connectivity index (χ3n) is 5.10. The fraction of sp³-hybridized carbons (Fsp3) is 0.316. The molecule has 0 spiro atoms. The van der Waals surface area contributed by atoms with Gasteiger partial charge < -0.3 is 0 Å². The van der Waals surface area contributed by atoms with Gasteiger partial charge in [0.15, 0.2) is 9.84 Å². The Balaban J connectivity index is 1.77. The van der Waals surface area contributed by atoms with Crippen molar-refractivity contribution in [3.05, 3.63) is 59.1 Å². The summed E-state index contributed by atoms with van der Waals surface area (Å²) < 4.78 is 24.5. The lowest BCUT2D eigenvalue weighted by Crippen LogP contribution is -2.37. The van der Waals surface area contributed by atoms with Crippen molar-refractivity contribution >= 4 is 38.8 Å². The van der Waals surface area contributed by atoms with Crippen LogP contribution in [0.25, 0.3) is 0 Å². The van der Waals surface area contributed by atoms with Crippen LogP contribution in [0, 0.1) is 0 Å². The number of benzene rings is 2. The van der Waals surface area contributed by atoms with Crippen LogP contribution in [-0.2, 0) is 16.3 Å². The van der Waals surface area contributed by atoms with Gasteiger partial charge in [-0.3, -0.25) is 9.80 Å². The second-order valence-corrected chi connectivity index (χ2v) is 9.32. The van der Waals surface area contributed by atoms with Crippen molar-refractivity contribution < 1.29 is 13.2 Å². The quantitative estimate of drug-likeness (QED) is 0.753. The van der Waals surface area contributed by atoms with E-state index < -0.39 is 9.84 Å². The average Bonchev–Trinajstić information content (AvgIpc) is 3.05. The molecule has 2 aromatic carbocycles. The van der Waals surface area contributed by atoms with E-state index in [9.17, 15) is 13.2 Å². The molecular weight excluding hydrogens is 372 g/mol. The van der Waals surface area contributed by atoms with Gasteiger partial charge in [0.05, 0.1) is 23.6 Å². The van der Waals surface area contributed by atoms with Crippen LogP contribution in [0.5, 0.6) is 0 Å². The number of amides is 2. The molecule has 2 heterocycles. The first-order valence-electron chi connectivity index (χ1n) is 8.57. The van der Waals surface area contributed by atoms with Crippen molar-refractivity contribution in [3.8, 4) is 0 Å². The molecule has 0 unspecified atom stereocenters. The summed E-state index contributed by atoms with van der Waals surface area (Å²) in [5.74, 6) is -0.0292. The summed E-state index contributed by atoms with van der Waals surface area (Å²) in [6.07, 6.45) is 0.908. The van der Waals surface area contributed by atoms with Crippen molar-refractivity contribution in [1.82, 2.24) is 0 Å². The van der Waals surface area contributed by atoms with Gasteiger partial charge in [0.2, 0.25) is 0 Å². The van der Waals surface area contributed by atoms with Crippen LogP contribution in [0.15, 0.2) is 48.5 Å². The molecule has 26 heavy (non-hydrogen) atoms. The first-order chi connectivity index (χ1) is 12.4. The van der Waals surface area contributed by atoms with E-state index >= 15 is 0 Å². The molecule has 2 aliphatic heterocycles. The maximum absolute atomic E-state index is 13.2. The van der Waals surface area contributed by atoms with Gasteiger partial charge >= 0.3 is 6.03 Å². The fourth-order valence-corrected chi connectivity index (χ4v) is 5.85. The number of urea groups is 1. The molecular formula is C19H19ClN2O3S. The predicted octanol–water partition coefficient (Wildman–Crippen LogP) is 3.51. The van der Waals surface area contributed by atoms with E-state index in [1.54, 1.807) is 34.1 Å². The van der Waals surface area contributed by atoms with E-state index in [-0.39, 0.29) is 29.6 Å². The molecule has 5 nitrogen and oxygen atoms in total. The Morgan fingerprint density at radius 3 is 1.85 bits per heavy atom. The Bertz CT molecular complexity index is 942. The van der Waals surface area contributed by atoms with E-state index in [4.69, 9.17) is 11.6 Å². The van der Waals surface area contributed by atoms with Crippen molar-refractivity contribution in [2.24, 2.45) is 0 Å². The van der Waals surface area contributed by atoms with Crippen LogP contribution in [0.2, 0.25) is 5.02 Å². The minimum absolute atomic E-state index is 0.0109. The fourth-order valence-electron chi connectivity index (χ4n) is 3.80. The van der Waals surface area contributed by atoms with Gasteiger partial charge in [-0.1, -0.05) is 30.7 Å². The normalized spacial score (nSPS) is 24.2. The number of carbonyl (C=O) groups excluding carboxylic acids is 1. The summed E-state index contributed by atoms with van der Waals surface area (Å²) in [6.45, 7) is 2.07. The summed E-state index contributed by atoms with van der Waals surface area (Å²) in [4.78, 5) is 16.4. The van der Waals surface area contributed by atoms with E-state index in [1.165, 1.54) is 5.56 Å². The van der Waals surface area contributed by atoms with Gasteiger partial charge in [0.1, 0.15) is 0 Å². The molecule has 0 aromatic heterocycles. The summed E-state index contributed by atoms with van der Waals surface area (Å²) >= 11 is 5.95. The standard InChI is InChI=1S/C19H19ClN2O3S/c1-2-13-3-7-15(8-4-13)21-17-11-26(24,25)12-18(17)22(19(21)23)16-9-5-14(20)6-10-16/h3-10,17-18H,2,11-12H2,1H3/t17-,18+/m1/s1. The Morgan fingerprint density at radius 2 is 1.38 bits per heavy atom. The first-order valence-corrected chi connectivity index (χ1v) is 10.8. The number of hydrogen-bond donors (Lipinski definition) is 0. The van der Waals surface area contributed by atoms with Gasteiger partial charge in [0.25, 0.3) is 0 Å². The average molecular weight is 391 g/mol. The summed E-state index contributed by atoms with van der Waals surface area (Å²) in [5, 5.41) is 0.572. The molecule has 4 rings (SSSR count). The molecule has 2 amide bonds. The largest absolute Gasteiger partial charge is 0.329 e. The molecule has 2 saturated heterocycles. The molecule has 2 aromatic rings. The number of rotatable bonds is 3. The van der Waals surface area contributed by atoms with Crippen LogP contribution in [-0.4, -0.2) is 38.0 Å². The van der Waals surface area contributed by atoms with E-state index in [0.717, 1.165) is 12.1 Å². The van der Waals surface area contributed by atoms with Gasteiger partial charge in [-0.25, -0.2) is 13.2 Å². The predicted molar refractivity (Wildman–Crippen MR) is 104 cm³/mol. The van der Waals surface area contributed by atoms with Gasteiger partial charge in [-0.15, -0.1) is 0 Å². The highest BCUT2D eigenvalue weighted by molar-refractivity contribution is 7.91. The van der Waals surface area contributed by atoms with E-state index in [1.807, 2.05) is 24.3 Å². The molecule has 2 aliphatic rings. The van der Waals surface area contributed by atoms with Crippen LogP contribution in [0.4, 0.5) is 16.2 Å². The molecule has 136 valence electrons. The van der Waals surface area contributed by atoms with Gasteiger partial charge in [-0.2, -0.15) is 0 Å². The number of sulfone groups is 1. The third-order valence-corrected chi connectivity index (χ3v) is 7.05. The monoisotopic (exact) mass is 390 g/mol. The lowest BCUT2D eigenvalue weighted by molar-refractivity contribution is 0.255. The van der Waals surface area contributed by atoms with E-state index in [2.05, 4.69) is 6.92 Å². The maximum Gasteiger partial charge on any atom is 0.329 e. The Labute approximate surface area is 158 Å². The van der Waals surface area contributed by atoms with Crippen LogP contribution in [0.3, 0.4) is 0 Å². The number of anilines is 2. The molecule has 0 bridgehead atoms. The smallest absolute Gasteiger partial charge is 0.288 e. The number of nitrogens with zero attached hydrogens (tertiary/aromatic N) is 2. The second kappa shape index (κ2) is 6.28. The third kappa shape index (κ3) is 2.87. The summed E-state index contributed by atoms with van der Waals surface area (Å²) in [6, 6.07) is 13.7. The lowest BCUT2D eigenvalue weighted by atomic mass is 10.1. The van der Waals surface area contributed by atoms with Gasteiger partial charge in [0, 0.05) is 16.4 Å². The molecule has 0 radical (unpaired) electrons. The lowest BCUT2D eigenvalue weighted by Gasteiger charge is -2.23. The van der Waals surface area contributed by atoms with Crippen molar-refractivity contribution in [2.75, 3.05) is 21.3 Å². The number of halogens is 1. The second-order valence-electron chi connectivity index (χ2n) is 6.73. The molecule has 7 heteroatoms. The molecule has 0 aliphatic carbocycles. The van der Waals surface area contributed by atoms with Gasteiger partial charge in [-0.05, 0) is 48.4 Å². The minimum atomic E-state index is -3.19. The summed E-state index contributed by atoms with van der Waals surface area (Å²) in [7, 11) is -3.19. The zero-order valence-corrected chi connectivity index (χ0v) is 15.9. The minimum Gasteiger partial charge on any atom is -0.288 e. The van der Waals surface area contributed by atoms with Crippen LogP contribution < -0.4 is 9.80 Å². The Morgan fingerprint density at radius 1 is 0.923 bits per heavy atom. The molecule has 0 N–H and O–H groups in total. The number of aryl methyl sites for hydroxylation is 1. The number of hydrogen-bond acceptors (Lipinski definition) is 3. The Kier molecular flexibility index (Phi) is 4.20. The van der Waals surface area contributed by atoms with Crippen molar-refractivity contribution in [3.63, 3.8) is 0 Å². The number of carbonyl (C=O) groups is 1.